The van der Waals surface area contributed by atoms with Crippen molar-refractivity contribution in [1.29, 1.82) is 0 Å². The SMILES string of the molecule is Cc1ncnc2cc(CO)c(CO)cc12. The van der Waals surface area contributed by atoms with Gasteiger partial charge in [-0.1, -0.05) is 0 Å². The lowest BCUT2D eigenvalue weighted by atomic mass is 10.0. The zero-order valence-corrected chi connectivity index (χ0v) is 8.44. The molecule has 2 N–H and O–H groups in total. The molecule has 2 aromatic rings. The zero-order valence-electron chi connectivity index (χ0n) is 8.44. The first kappa shape index (κ1) is 10.0. The van der Waals surface area contributed by atoms with Crippen molar-refractivity contribution in [2.45, 2.75) is 20.1 Å². The first-order chi connectivity index (χ1) is 7.26. The maximum Gasteiger partial charge on any atom is 0.116 e. The van der Waals surface area contributed by atoms with Crippen molar-refractivity contribution >= 4 is 10.9 Å². The molecule has 0 aliphatic carbocycles. The molecule has 0 aliphatic heterocycles. The van der Waals surface area contributed by atoms with E-state index in [1.165, 1.54) is 6.33 Å². The average Bonchev–Trinajstić information content (AvgIpc) is 2.28. The summed E-state index contributed by atoms with van der Waals surface area (Å²) in [5.41, 5.74) is 3.11. The number of aliphatic hydroxyl groups excluding tert-OH is 2. The van der Waals surface area contributed by atoms with Gasteiger partial charge in [0, 0.05) is 11.1 Å². The van der Waals surface area contributed by atoms with E-state index >= 15 is 0 Å². The van der Waals surface area contributed by atoms with Crippen molar-refractivity contribution in [3.8, 4) is 0 Å². The Kier molecular flexibility index (Phi) is 2.62. The van der Waals surface area contributed by atoms with Gasteiger partial charge in [-0.25, -0.2) is 9.97 Å². The Morgan fingerprint density at radius 1 is 1.07 bits per heavy atom. The number of hydrogen-bond acceptors (Lipinski definition) is 4. The van der Waals surface area contributed by atoms with Gasteiger partial charge in [-0.3, -0.25) is 0 Å². The number of aromatic nitrogens is 2. The summed E-state index contributed by atoms with van der Waals surface area (Å²) in [4.78, 5) is 8.21. The van der Waals surface area contributed by atoms with Crippen molar-refractivity contribution in [3.63, 3.8) is 0 Å². The fourth-order valence-corrected chi connectivity index (χ4v) is 1.61. The van der Waals surface area contributed by atoms with Gasteiger partial charge in [0.15, 0.2) is 0 Å². The Morgan fingerprint density at radius 2 is 1.73 bits per heavy atom. The third-order valence-corrected chi connectivity index (χ3v) is 2.50. The second-order valence-electron chi connectivity index (χ2n) is 3.41. The van der Waals surface area contributed by atoms with E-state index in [1.54, 1.807) is 6.07 Å². The molecule has 0 spiro atoms. The van der Waals surface area contributed by atoms with Gasteiger partial charge in [-0.05, 0) is 30.2 Å². The lowest BCUT2D eigenvalue weighted by molar-refractivity contribution is 0.260. The molecular weight excluding hydrogens is 192 g/mol. The fraction of sp³-hybridized carbons (Fsp3) is 0.273. The second-order valence-corrected chi connectivity index (χ2v) is 3.41. The molecule has 0 saturated heterocycles. The van der Waals surface area contributed by atoms with Crippen LogP contribution in [0.15, 0.2) is 18.5 Å². The molecule has 1 aromatic heterocycles. The Labute approximate surface area is 87.2 Å². The van der Waals surface area contributed by atoms with Crippen LogP contribution in [-0.2, 0) is 13.2 Å². The first-order valence-electron chi connectivity index (χ1n) is 4.71. The molecule has 0 aliphatic rings. The molecule has 1 heterocycles. The quantitative estimate of drug-likeness (QED) is 0.763. The van der Waals surface area contributed by atoms with E-state index in [9.17, 15) is 0 Å². The predicted octanol–water partition coefficient (Wildman–Crippen LogP) is 0.923. The number of nitrogens with zero attached hydrogens (tertiary/aromatic N) is 2. The summed E-state index contributed by atoms with van der Waals surface area (Å²) in [7, 11) is 0. The minimum Gasteiger partial charge on any atom is -0.392 e. The maximum atomic E-state index is 9.15. The number of aryl methyl sites for hydroxylation is 1. The molecule has 15 heavy (non-hydrogen) atoms. The van der Waals surface area contributed by atoms with Crippen LogP contribution in [0.1, 0.15) is 16.8 Å². The van der Waals surface area contributed by atoms with Crippen LogP contribution in [0.3, 0.4) is 0 Å². The second kappa shape index (κ2) is 3.92. The lowest BCUT2D eigenvalue weighted by Crippen LogP contribution is -1.97. The van der Waals surface area contributed by atoms with Gasteiger partial charge in [0.25, 0.3) is 0 Å². The molecule has 0 atom stereocenters. The average molecular weight is 204 g/mol. The van der Waals surface area contributed by atoms with Gasteiger partial charge >= 0.3 is 0 Å². The zero-order chi connectivity index (χ0) is 10.8. The van der Waals surface area contributed by atoms with Crippen LogP contribution in [0.5, 0.6) is 0 Å². The number of hydrogen-bond donors (Lipinski definition) is 2. The minimum atomic E-state index is -0.0884. The molecule has 78 valence electrons. The van der Waals surface area contributed by atoms with Crippen LogP contribution in [0.2, 0.25) is 0 Å². The van der Waals surface area contributed by atoms with Gasteiger partial charge in [0.2, 0.25) is 0 Å². The third-order valence-electron chi connectivity index (χ3n) is 2.50. The van der Waals surface area contributed by atoms with Crippen LogP contribution in [0, 0.1) is 6.92 Å². The molecule has 0 saturated carbocycles. The molecule has 0 radical (unpaired) electrons. The van der Waals surface area contributed by atoms with Crippen LogP contribution in [0.25, 0.3) is 10.9 Å². The molecule has 0 amide bonds. The van der Waals surface area contributed by atoms with Gasteiger partial charge in [-0.2, -0.15) is 0 Å². The van der Waals surface area contributed by atoms with Crippen molar-refractivity contribution in [1.82, 2.24) is 9.97 Å². The van der Waals surface area contributed by atoms with Crippen molar-refractivity contribution in [3.05, 3.63) is 35.3 Å². The smallest absolute Gasteiger partial charge is 0.116 e. The highest BCUT2D eigenvalue weighted by Gasteiger charge is 2.06. The molecular formula is C11H12N2O2. The summed E-state index contributed by atoms with van der Waals surface area (Å²) in [6.45, 7) is 1.72. The van der Waals surface area contributed by atoms with Gasteiger partial charge in [-0.15, -0.1) is 0 Å². The Hall–Kier alpha value is -1.52. The van der Waals surface area contributed by atoms with Crippen molar-refractivity contribution in [2.75, 3.05) is 0 Å². The number of rotatable bonds is 2. The highest BCUT2D eigenvalue weighted by molar-refractivity contribution is 5.82. The highest BCUT2D eigenvalue weighted by Crippen LogP contribution is 2.20. The summed E-state index contributed by atoms with van der Waals surface area (Å²) in [6, 6.07) is 3.62. The highest BCUT2D eigenvalue weighted by atomic mass is 16.3. The fourth-order valence-electron chi connectivity index (χ4n) is 1.61. The Balaban J connectivity index is 2.75. The predicted molar refractivity (Wildman–Crippen MR) is 56.1 cm³/mol. The number of fused-ring (bicyclic) bond motifs is 1. The third kappa shape index (κ3) is 1.69. The molecule has 0 unspecified atom stereocenters. The van der Waals surface area contributed by atoms with Crippen LogP contribution < -0.4 is 0 Å². The summed E-state index contributed by atoms with van der Waals surface area (Å²) in [5, 5.41) is 19.2. The van der Waals surface area contributed by atoms with E-state index in [-0.39, 0.29) is 13.2 Å². The Morgan fingerprint density at radius 3 is 2.40 bits per heavy atom. The standard InChI is InChI=1S/C11H12N2O2/c1-7-10-2-8(4-14)9(5-15)3-11(10)13-6-12-7/h2-3,6,14-15H,4-5H2,1H3. The van der Waals surface area contributed by atoms with Gasteiger partial charge < -0.3 is 10.2 Å². The van der Waals surface area contributed by atoms with E-state index in [4.69, 9.17) is 10.2 Å². The normalized spacial score (nSPS) is 10.9. The van der Waals surface area contributed by atoms with Crippen molar-refractivity contribution < 1.29 is 10.2 Å². The van der Waals surface area contributed by atoms with E-state index in [0.29, 0.717) is 5.56 Å². The molecule has 1 aromatic carbocycles. The van der Waals surface area contributed by atoms with E-state index in [0.717, 1.165) is 22.2 Å². The first-order valence-corrected chi connectivity index (χ1v) is 4.71. The Bertz CT molecular complexity index is 497. The van der Waals surface area contributed by atoms with Crippen LogP contribution in [0.4, 0.5) is 0 Å². The molecule has 0 bridgehead atoms. The molecule has 0 fully saturated rings. The summed E-state index contributed by atoms with van der Waals surface area (Å²) in [6.07, 6.45) is 1.50. The number of benzene rings is 1. The van der Waals surface area contributed by atoms with Gasteiger partial charge in [0.05, 0.1) is 18.7 Å². The molecule has 2 rings (SSSR count). The largest absolute Gasteiger partial charge is 0.392 e. The summed E-state index contributed by atoms with van der Waals surface area (Å²) >= 11 is 0. The minimum absolute atomic E-state index is 0.0832. The number of aliphatic hydroxyl groups is 2. The topological polar surface area (TPSA) is 66.2 Å². The molecule has 4 heteroatoms. The monoisotopic (exact) mass is 204 g/mol. The van der Waals surface area contributed by atoms with E-state index in [2.05, 4.69) is 9.97 Å². The van der Waals surface area contributed by atoms with Crippen molar-refractivity contribution in [2.24, 2.45) is 0 Å². The maximum absolute atomic E-state index is 9.15. The van der Waals surface area contributed by atoms with E-state index in [1.807, 2.05) is 13.0 Å². The van der Waals surface area contributed by atoms with Crippen LogP contribution in [-0.4, -0.2) is 20.2 Å². The lowest BCUT2D eigenvalue weighted by Gasteiger charge is -2.07. The van der Waals surface area contributed by atoms with Gasteiger partial charge in [0.1, 0.15) is 6.33 Å². The summed E-state index contributed by atoms with van der Waals surface area (Å²) in [5.74, 6) is 0. The summed E-state index contributed by atoms with van der Waals surface area (Å²) < 4.78 is 0. The van der Waals surface area contributed by atoms with E-state index < -0.39 is 0 Å². The molecule has 4 nitrogen and oxygen atoms in total. The van der Waals surface area contributed by atoms with Crippen LogP contribution >= 0.6 is 0 Å².